The number of rotatable bonds is 41. The zero-order valence-electron chi connectivity index (χ0n) is 36.2. The van der Waals surface area contributed by atoms with Crippen molar-refractivity contribution in [3.05, 3.63) is 48.6 Å². The lowest BCUT2D eigenvalue weighted by molar-refractivity contribution is -0.167. The Labute approximate surface area is 339 Å². The van der Waals surface area contributed by atoms with Crippen molar-refractivity contribution in [1.82, 2.24) is 0 Å². The van der Waals surface area contributed by atoms with Crippen LogP contribution in [0.25, 0.3) is 0 Å². The van der Waals surface area contributed by atoms with Crippen molar-refractivity contribution < 1.29 is 28.6 Å². The molecule has 6 nitrogen and oxygen atoms in total. The van der Waals surface area contributed by atoms with Crippen LogP contribution in [0.3, 0.4) is 0 Å². The summed E-state index contributed by atoms with van der Waals surface area (Å²) in [6.45, 7) is 6.51. The predicted octanol–water partition coefficient (Wildman–Crippen LogP) is 14.8. The van der Waals surface area contributed by atoms with Crippen LogP contribution in [0.15, 0.2) is 48.6 Å². The molecule has 0 bridgehead atoms. The van der Waals surface area contributed by atoms with E-state index in [-0.39, 0.29) is 31.1 Å². The number of hydrogen-bond donors (Lipinski definition) is 0. The topological polar surface area (TPSA) is 78.9 Å². The largest absolute Gasteiger partial charge is 0.462 e. The first-order chi connectivity index (χ1) is 27.0. The normalized spacial score (nSPS) is 12.4. The van der Waals surface area contributed by atoms with Gasteiger partial charge in [0.25, 0.3) is 0 Å². The molecule has 0 saturated heterocycles. The minimum Gasteiger partial charge on any atom is -0.462 e. The summed E-state index contributed by atoms with van der Waals surface area (Å²) >= 11 is 0. The van der Waals surface area contributed by atoms with E-state index in [1.807, 2.05) is 0 Å². The Kier molecular flexibility index (Phi) is 42.0. The fourth-order valence-corrected chi connectivity index (χ4v) is 6.27. The number of hydrogen-bond acceptors (Lipinski definition) is 6. The SMILES string of the molecule is CCCCC/C=C\C/C=C\CCCCCCCC(=O)OCC(COC(=O)CCCCCCCCC)OC(=O)CCCCCCC/C=C\C/C=C\CCCCC. The number of ether oxygens (including phenoxy) is 3. The average molecular weight is 771 g/mol. The Morgan fingerprint density at radius 1 is 0.364 bits per heavy atom. The highest BCUT2D eigenvalue weighted by molar-refractivity contribution is 5.71. The molecule has 0 N–H and O–H groups in total. The van der Waals surface area contributed by atoms with E-state index >= 15 is 0 Å². The van der Waals surface area contributed by atoms with Crippen LogP contribution in [0, 0.1) is 0 Å². The summed E-state index contributed by atoms with van der Waals surface area (Å²) in [7, 11) is 0. The van der Waals surface area contributed by atoms with Crippen LogP contribution in [-0.4, -0.2) is 37.2 Å². The van der Waals surface area contributed by atoms with E-state index in [1.54, 1.807) is 0 Å². The van der Waals surface area contributed by atoms with Crippen LogP contribution in [0.1, 0.15) is 226 Å². The summed E-state index contributed by atoms with van der Waals surface area (Å²) in [6.07, 6.45) is 51.0. The number of carbonyl (C=O) groups is 3. The summed E-state index contributed by atoms with van der Waals surface area (Å²) in [5, 5.41) is 0. The van der Waals surface area contributed by atoms with Crippen molar-refractivity contribution in [2.75, 3.05) is 13.2 Å². The number of carbonyl (C=O) groups excluding carboxylic acids is 3. The molecule has 0 amide bonds. The molecule has 0 aliphatic carbocycles. The molecule has 0 spiro atoms. The second-order valence-corrected chi connectivity index (χ2v) is 15.3. The minimum absolute atomic E-state index is 0.0831. The van der Waals surface area contributed by atoms with Gasteiger partial charge in [-0.2, -0.15) is 0 Å². The van der Waals surface area contributed by atoms with Crippen LogP contribution >= 0.6 is 0 Å². The van der Waals surface area contributed by atoms with E-state index in [4.69, 9.17) is 14.2 Å². The number of allylic oxidation sites excluding steroid dienone is 8. The third-order valence-electron chi connectivity index (χ3n) is 9.81. The smallest absolute Gasteiger partial charge is 0.306 e. The standard InChI is InChI=1S/C49H86O6/c1-4-7-10-13-16-18-20-22-24-26-28-30-33-36-39-42-48(51)54-45-46(44-53-47(50)41-38-35-32-15-12-9-6-3)55-49(52)43-40-37-34-31-29-27-25-23-21-19-17-14-11-8-5-2/h16-19,22-25,46H,4-15,20-21,26-45H2,1-3H3/b18-16-,19-17-,24-22-,25-23-. The van der Waals surface area contributed by atoms with Crippen molar-refractivity contribution in [1.29, 1.82) is 0 Å². The van der Waals surface area contributed by atoms with Gasteiger partial charge in [0.2, 0.25) is 0 Å². The molecule has 0 radical (unpaired) electrons. The molecule has 55 heavy (non-hydrogen) atoms. The van der Waals surface area contributed by atoms with Crippen molar-refractivity contribution in [2.45, 2.75) is 232 Å². The Hall–Kier alpha value is -2.63. The molecule has 6 heteroatoms. The summed E-state index contributed by atoms with van der Waals surface area (Å²) < 4.78 is 16.6. The van der Waals surface area contributed by atoms with Crippen molar-refractivity contribution in [3.63, 3.8) is 0 Å². The van der Waals surface area contributed by atoms with Crippen LogP contribution in [0.5, 0.6) is 0 Å². The third-order valence-corrected chi connectivity index (χ3v) is 9.81. The molecule has 318 valence electrons. The summed E-state index contributed by atoms with van der Waals surface area (Å²) in [5.41, 5.74) is 0. The minimum atomic E-state index is -0.781. The number of unbranched alkanes of at least 4 members (excludes halogenated alkanes) is 22. The summed E-state index contributed by atoms with van der Waals surface area (Å²) in [4.78, 5) is 37.6. The van der Waals surface area contributed by atoms with E-state index in [2.05, 4.69) is 69.4 Å². The van der Waals surface area contributed by atoms with Crippen LogP contribution < -0.4 is 0 Å². The van der Waals surface area contributed by atoms with Gasteiger partial charge >= 0.3 is 17.9 Å². The Morgan fingerprint density at radius 2 is 0.655 bits per heavy atom. The maximum Gasteiger partial charge on any atom is 0.306 e. The molecule has 0 aromatic heterocycles. The van der Waals surface area contributed by atoms with E-state index in [9.17, 15) is 14.4 Å². The van der Waals surface area contributed by atoms with Gasteiger partial charge in [-0.1, -0.05) is 172 Å². The van der Waals surface area contributed by atoms with Gasteiger partial charge in [-0.05, 0) is 83.5 Å². The second-order valence-electron chi connectivity index (χ2n) is 15.3. The summed E-state index contributed by atoms with van der Waals surface area (Å²) in [5.74, 6) is -0.918. The van der Waals surface area contributed by atoms with Crippen LogP contribution in [0.4, 0.5) is 0 Å². The lowest BCUT2D eigenvalue weighted by Crippen LogP contribution is -2.30. The molecule has 1 atom stereocenters. The van der Waals surface area contributed by atoms with E-state index in [0.29, 0.717) is 19.3 Å². The van der Waals surface area contributed by atoms with Gasteiger partial charge in [-0.25, -0.2) is 0 Å². The first-order valence-corrected chi connectivity index (χ1v) is 23.1. The average Bonchev–Trinajstić information content (AvgIpc) is 3.18. The molecule has 0 heterocycles. The number of esters is 3. The Bertz CT molecular complexity index is 980. The fourth-order valence-electron chi connectivity index (χ4n) is 6.27. The van der Waals surface area contributed by atoms with Gasteiger partial charge in [-0.15, -0.1) is 0 Å². The zero-order valence-corrected chi connectivity index (χ0v) is 36.2. The predicted molar refractivity (Wildman–Crippen MR) is 233 cm³/mol. The maximum absolute atomic E-state index is 12.7. The Morgan fingerprint density at radius 3 is 1.04 bits per heavy atom. The third kappa shape index (κ3) is 42.4. The van der Waals surface area contributed by atoms with Crippen molar-refractivity contribution >= 4 is 17.9 Å². The molecule has 0 aliphatic heterocycles. The van der Waals surface area contributed by atoms with E-state index in [1.165, 1.54) is 83.5 Å². The van der Waals surface area contributed by atoms with E-state index in [0.717, 1.165) is 103 Å². The molecular formula is C49H86O6. The molecule has 0 aromatic carbocycles. The highest BCUT2D eigenvalue weighted by atomic mass is 16.6. The highest BCUT2D eigenvalue weighted by Crippen LogP contribution is 2.13. The Balaban J connectivity index is 4.35. The van der Waals surface area contributed by atoms with Crippen LogP contribution in [0.2, 0.25) is 0 Å². The first-order valence-electron chi connectivity index (χ1n) is 23.1. The van der Waals surface area contributed by atoms with Crippen molar-refractivity contribution in [2.24, 2.45) is 0 Å². The van der Waals surface area contributed by atoms with Gasteiger partial charge in [0.1, 0.15) is 13.2 Å². The quantitative estimate of drug-likeness (QED) is 0.0267. The lowest BCUT2D eigenvalue weighted by Gasteiger charge is -2.18. The first kappa shape index (κ1) is 52.4. The maximum atomic E-state index is 12.7. The van der Waals surface area contributed by atoms with Gasteiger partial charge in [0.15, 0.2) is 6.10 Å². The van der Waals surface area contributed by atoms with Gasteiger partial charge in [0.05, 0.1) is 0 Å². The highest BCUT2D eigenvalue weighted by Gasteiger charge is 2.19. The molecular weight excluding hydrogens is 685 g/mol. The van der Waals surface area contributed by atoms with Gasteiger partial charge in [0, 0.05) is 19.3 Å². The molecule has 0 rings (SSSR count). The lowest BCUT2D eigenvalue weighted by atomic mass is 10.1. The summed E-state index contributed by atoms with van der Waals surface area (Å²) in [6, 6.07) is 0. The monoisotopic (exact) mass is 771 g/mol. The fraction of sp³-hybridized carbons (Fsp3) is 0.776. The second kappa shape index (κ2) is 44.1. The van der Waals surface area contributed by atoms with Crippen molar-refractivity contribution in [3.8, 4) is 0 Å². The van der Waals surface area contributed by atoms with Crippen LogP contribution in [-0.2, 0) is 28.6 Å². The molecule has 0 saturated carbocycles. The van der Waals surface area contributed by atoms with E-state index < -0.39 is 6.10 Å². The van der Waals surface area contributed by atoms with Gasteiger partial charge in [-0.3, -0.25) is 14.4 Å². The van der Waals surface area contributed by atoms with Gasteiger partial charge < -0.3 is 14.2 Å². The molecule has 1 unspecified atom stereocenters. The molecule has 0 aliphatic rings. The molecule has 0 aromatic rings. The molecule has 0 fully saturated rings. The zero-order chi connectivity index (χ0) is 40.1.